The van der Waals surface area contributed by atoms with Crippen LogP contribution in [0.4, 0.5) is 0 Å². The molecule has 1 aromatic heterocycles. The molecular formula is C14H15BrN2O4. The fourth-order valence-electron chi connectivity index (χ4n) is 2.04. The van der Waals surface area contributed by atoms with E-state index in [0.29, 0.717) is 23.1 Å². The first-order valence-electron chi connectivity index (χ1n) is 6.36. The summed E-state index contributed by atoms with van der Waals surface area (Å²) in [6.45, 7) is 0.710. The van der Waals surface area contributed by atoms with E-state index < -0.39 is 11.2 Å². The van der Waals surface area contributed by atoms with Crippen LogP contribution in [0.25, 0.3) is 11.1 Å². The molecule has 6 nitrogen and oxygen atoms in total. The summed E-state index contributed by atoms with van der Waals surface area (Å²) >= 11 is 3.34. The monoisotopic (exact) mass is 354 g/mol. The van der Waals surface area contributed by atoms with Gasteiger partial charge in [0.2, 0.25) is 5.88 Å². The Balaban J connectivity index is 2.57. The van der Waals surface area contributed by atoms with Crippen molar-refractivity contribution >= 4 is 15.9 Å². The molecule has 0 bridgehead atoms. The lowest BCUT2D eigenvalue weighted by Gasteiger charge is -2.12. The third-order valence-electron chi connectivity index (χ3n) is 3.05. The van der Waals surface area contributed by atoms with E-state index in [4.69, 9.17) is 4.74 Å². The van der Waals surface area contributed by atoms with Crippen LogP contribution < -0.4 is 11.2 Å². The third kappa shape index (κ3) is 3.25. The molecule has 0 fully saturated rings. The van der Waals surface area contributed by atoms with E-state index in [0.717, 1.165) is 4.57 Å². The Labute approximate surface area is 129 Å². The lowest BCUT2D eigenvalue weighted by Crippen LogP contribution is -2.31. The predicted molar refractivity (Wildman–Crippen MR) is 82.6 cm³/mol. The summed E-state index contributed by atoms with van der Waals surface area (Å²) in [7, 11) is 1.56. The fraction of sp³-hybridized carbons (Fsp3) is 0.286. The molecule has 1 heterocycles. The highest BCUT2D eigenvalue weighted by atomic mass is 79.9. The van der Waals surface area contributed by atoms with Crippen LogP contribution in [0.5, 0.6) is 5.88 Å². The number of aromatic hydroxyl groups is 1. The number of benzene rings is 1. The summed E-state index contributed by atoms with van der Waals surface area (Å²) in [4.78, 5) is 26.1. The average Bonchev–Trinajstić information content (AvgIpc) is 2.44. The second kappa shape index (κ2) is 6.73. The molecule has 0 saturated heterocycles. The summed E-state index contributed by atoms with van der Waals surface area (Å²) < 4.78 is 6.72. The van der Waals surface area contributed by atoms with E-state index in [1.54, 1.807) is 31.4 Å². The van der Waals surface area contributed by atoms with E-state index in [2.05, 4.69) is 20.9 Å². The Morgan fingerprint density at radius 1 is 1.33 bits per heavy atom. The van der Waals surface area contributed by atoms with Crippen molar-refractivity contribution in [2.75, 3.05) is 13.7 Å². The third-order valence-corrected chi connectivity index (χ3v) is 3.74. The largest absolute Gasteiger partial charge is 0.494 e. The lowest BCUT2D eigenvalue weighted by atomic mass is 10.1. The van der Waals surface area contributed by atoms with E-state index in [1.807, 2.05) is 0 Å². The number of nitrogens with one attached hydrogen (secondary N) is 1. The van der Waals surface area contributed by atoms with E-state index >= 15 is 0 Å². The summed E-state index contributed by atoms with van der Waals surface area (Å²) in [6, 6.07) is 7.00. The van der Waals surface area contributed by atoms with Gasteiger partial charge in [0.15, 0.2) is 0 Å². The van der Waals surface area contributed by atoms with Crippen molar-refractivity contribution in [3.63, 3.8) is 0 Å². The Bertz CT molecular complexity index is 751. The van der Waals surface area contributed by atoms with Crippen molar-refractivity contribution in [3.05, 3.63) is 49.6 Å². The topological polar surface area (TPSA) is 84.3 Å². The van der Waals surface area contributed by atoms with E-state index in [1.165, 1.54) is 0 Å². The van der Waals surface area contributed by atoms with Crippen LogP contribution in [-0.4, -0.2) is 28.4 Å². The molecule has 0 radical (unpaired) electrons. The molecule has 0 aliphatic carbocycles. The smallest absolute Gasteiger partial charge is 0.331 e. The van der Waals surface area contributed by atoms with Crippen molar-refractivity contribution in [2.24, 2.45) is 0 Å². The van der Waals surface area contributed by atoms with Gasteiger partial charge in [0.05, 0.1) is 0 Å². The molecule has 0 amide bonds. The molecule has 0 saturated carbocycles. The first-order valence-corrected chi connectivity index (χ1v) is 7.15. The first-order chi connectivity index (χ1) is 10.1. The van der Waals surface area contributed by atoms with Gasteiger partial charge in [0, 0.05) is 30.3 Å². The molecule has 1 aromatic carbocycles. The number of halogens is 1. The van der Waals surface area contributed by atoms with Gasteiger partial charge in [-0.2, -0.15) is 0 Å². The maximum absolute atomic E-state index is 12.0. The predicted octanol–water partition coefficient (Wildman–Crippen LogP) is 1.71. The first kappa shape index (κ1) is 15.5. The van der Waals surface area contributed by atoms with Gasteiger partial charge in [0.25, 0.3) is 5.56 Å². The number of nitrogens with zero attached hydrogens (tertiary/aromatic N) is 1. The maximum Gasteiger partial charge on any atom is 0.331 e. The lowest BCUT2D eigenvalue weighted by molar-refractivity contribution is 0.188. The van der Waals surface area contributed by atoms with Gasteiger partial charge in [-0.05, 0) is 12.5 Å². The number of aromatic nitrogens is 2. The zero-order valence-corrected chi connectivity index (χ0v) is 13.0. The van der Waals surface area contributed by atoms with E-state index in [9.17, 15) is 14.7 Å². The summed E-state index contributed by atoms with van der Waals surface area (Å²) in [5.74, 6) is -0.341. The normalized spacial score (nSPS) is 10.8. The molecule has 2 rings (SSSR count). The summed E-state index contributed by atoms with van der Waals surface area (Å²) in [5, 5.41) is 10.3. The molecule has 112 valence electrons. The van der Waals surface area contributed by atoms with Gasteiger partial charge in [-0.15, -0.1) is 0 Å². The van der Waals surface area contributed by atoms with Crippen molar-refractivity contribution in [1.82, 2.24) is 9.55 Å². The molecule has 0 spiro atoms. The van der Waals surface area contributed by atoms with Gasteiger partial charge in [-0.1, -0.05) is 34.1 Å². The maximum atomic E-state index is 12.0. The van der Waals surface area contributed by atoms with Gasteiger partial charge in [0.1, 0.15) is 5.56 Å². The minimum atomic E-state index is -0.635. The Hall–Kier alpha value is -1.86. The Morgan fingerprint density at radius 3 is 2.71 bits per heavy atom. The molecule has 7 heteroatoms. The number of methoxy groups -OCH3 is 1. The number of H-pyrrole nitrogens is 1. The molecule has 0 aliphatic heterocycles. The Morgan fingerprint density at radius 2 is 2.05 bits per heavy atom. The standard InChI is InChI=1S/C14H15BrN2O4/c1-21-8-4-7-17-13(19)11(12(18)16-14(17)20)9-5-2-3-6-10(9)15/h2-3,5-6,19H,4,7-8H2,1H3,(H,16,18,20). The van der Waals surface area contributed by atoms with Crippen LogP contribution >= 0.6 is 15.9 Å². The highest BCUT2D eigenvalue weighted by Gasteiger charge is 2.17. The van der Waals surface area contributed by atoms with Crippen molar-refractivity contribution in [2.45, 2.75) is 13.0 Å². The SMILES string of the molecule is COCCCn1c(O)c(-c2ccccc2Br)c(=O)[nH]c1=O. The summed E-state index contributed by atoms with van der Waals surface area (Å²) in [5.41, 5.74) is -0.659. The van der Waals surface area contributed by atoms with Gasteiger partial charge >= 0.3 is 5.69 Å². The van der Waals surface area contributed by atoms with Crippen molar-refractivity contribution in [3.8, 4) is 17.0 Å². The van der Waals surface area contributed by atoms with E-state index in [-0.39, 0.29) is 18.0 Å². The van der Waals surface area contributed by atoms with Gasteiger partial charge in [-0.25, -0.2) is 4.79 Å². The molecule has 0 unspecified atom stereocenters. The second-order valence-electron chi connectivity index (χ2n) is 4.44. The van der Waals surface area contributed by atoms with Crippen molar-refractivity contribution in [1.29, 1.82) is 0 Å². The minimum Gasteiger partial charge on any atom is -0.494 e. The van der Waals surface area contributed by atoms with Crippen LogP contribution in [0.2, 0.25) is 0 Å². The molecular weight excluding hydrogens is 340 g/mol. The number of ether oxygens (including phenoxy) is 1. The van der Waals surface area contributed by atoms with Crippen LogP contribution in [0, 0.1) is 0 Å². The number of aromatic amines is 1. The zero-order chi connectivity index (χ0) is 15.4. The fourth-order valence-corrected chi connectivity index (χ4v) is 2.52. The molecule has 0 atom stereocenters. The van der Waals surface area contributed by atoms with Crippen LogP contribution in [0.15, 0.2) is 38.3 Å². The Kier molecular flexibility index (Phi) is 4.98. The minimum absolute atomic E-state index is 0.0690. The van der Waals surface area contributed by atoms with Crippen LogP contribution in [0.3, 0.4) is 0 Å². The van der Waals surface area contributed by atoms with Gasteiger partial charge in [-0.3, -0.25) is 14.3 Å². The van der Waals surface area contributed by atoms with Crippen LogP contribution in [-0.2, 0) is 11.3 Å². The second-order valence-corrected chi connectivity index (χ2v) is 5.29. The molecule has 2 aromatic rings. The zero-order valence-electron chi connectivity index (χ0n) is 11.4. The molecule has 21 heavy (non-hydrogen) atoms. The van der Waals surface area contributed by atoms with Crippen molar-refractivity contribution < 1.29 is 9.84 Å². The van der Waals surface area contributed by atoms with Gasteiger partial charge < -0.3 is 9.84 Å². The number of hydrogen-bond donors (Lipinski definition) is 2. The summed E-state index contributed by atoms with van der Waals surface area (Å²) in [6.07, 6.45) is 0.547. The quantitative estimate of drug-likeness (QED) is 0.800. The average molecular weight is 355 g/mol. The highest BCUT2D eigenvalue weighted by Crippen LogP contribution is 2.30. The highest BCUT2D eigenvalue weighted by molar-refractivity contribution is 9.10. The number of rotatable bonds is 5. The number of hydrogen-bond acceptors (Lipinski definition) is 4. The molecule has 0 aliphatic rings. The van der Waals surface area contributed by atoms with Crippen LogP contribution in [0.1, 0.15) is 6.42 Å². The molecule has 2 N–H and O–H groups in total.